The Morgan fingerprint density at radius 3 is 2.68 bits per heavy atom. The minimum Gasteiger partial charge on any atom is -0.441 e. The largest absolute Gasteiger partial charge is 0.441 e. The van der Waals surface area contributed by atoms with Gasteiger partial charge in [-0.2, -0.15) is 0 Å². The van der Waals surface area contributed by atoms with Crippen molar-refractivity contribution in [2.45, 2.75) is 70.5 Å². The molecule has 2 aliphatic rings. The Labute approximate surface area is 168 Å². The number of likely N-dealkylation sites (tertiary alicyclic amines) is 1. The molecule has 0 aliphatic carbocycles. The Bertz CT molecular complexity index is 759. The maximum Gasteiger partial charge on any atom is 0.242 e. The Morgan fingerprint density at radius 1 is 1.11 bits per heavy atom. The molecule has 1 amide bonds. The number of rotatable bonds is 5. The molecule has 2 aromatic rings. The fraction of sp³-hybridized carbons (Fsp3) is 0.609. The zero-order valence-corrected chi connectivity index (χ0v) is 17.2. The summed E-state index contributed by atoms with van der Waals surface area (Å²) in [4.78, 5) is 17.7. The van der Waals surface area contributed by atoms with E-state index < -0.39 is 0 Å². The van der Waals surface area contributed by atoms with E-state index in [1.165, 1.54) is 19.3 Å². The van der Waals surface area contributed by atoms with Gasteiger partial charge < -0.3 is 14.6 Å². The number of nitrogens with zero attached hydrogens (tertiary/aromatic N) is 2. The van der Waals surface area contributed by atoms with Crippen LogP contribution in [-0.4, -0.2) is 48.6 Å². The van der Waals surface area contributed by atoms with Crippen molar-refractivity contribution in [3.05, 3.63) is 30.3 Å². The van der Waals surface area contributed by atoms with Crippen molar-refractivity contribution >= 4 is 22.8 Å². The van der Waals surface area contributed by atoms with Gasteiger partial charge >= 0.3 is 0 Å². The van der Waals surface area contributed by atoms with E-state index in [2.05, 4.69) is 41.1 Å². The van der Waals surface area contributed by atoms with Crippen molar-refractivity contribution in [1.82, 2.24) is 10.2 Å². The lowest BCUT2D eigenvalue weighted by Gasteiger charge is -2.39. The average Bonchev–Trinajstić information content (AvgIpc) is 3.14. The monoisotopic (exact) mass is 383 g/mol. The van der Waals surface area contributed by atoms with Gasteiger partial charge in [0.05, 0.1) is 0 Å². The summed E-state index contributed by atoms with van der Waals surface area (Å²) in [6, 6.07) is 11.2. The van der Waals surface area contributed by atoms with Gasteiger partial charge in [-0.05, 0) is 52.0 Å². The normalized spacial score (nSPS) is 26.5. The number of benzene rings is 1. The van der Waals surface area contributed by atoms with Crippen LogP contribution in [0.25, 0.3) is 11.0 Å². The number of carbonyl (C=O) groups excluding carboxylic acids is 1. The lowest BCUT2D eigenvalue weighted by atomic mass is 9.97. The van der Waals surface area contributed by atoms with Gasteiger partial charge in [-0.25, -0.2) is 0 Å². The summed E-state index contributed by atoms with van der Waals surface area (Å²) < 4.78 is 6.05. The Balaban J connectivity index is 1.39. The molecule has 5 nitrogen and oxygen atoms in total. The quantitative estimate of drug-likeness (QED) is 0.842. The number of hydrogen-bond donors (Lipinski definition) is 1. The number of furan rings is 1. The third kappa shape index (κ3) is 4.04. The van der Waals surface area contributed by atoms with E-state index in [1.807, 2.05) is 18.2 Å². The number of para-hydroxylation sites is 1. The molecule has 152 valence electrons. The third-order valence-corrected chi connectivity index (χ3v) is 6.55. The van der Waals surface area contributed by atoms with Gasteiger partial charge in [-0.3, -0.25) is 9.69 Å². The van der Waals surface area contributed by atoms with Crippen molar-refractivity contribution in [3.63, 3.8) is 0 Å². The predicted molar refractivity (Wildman–Crippen MR) is 114 cm³/mol. The lowest BCUT2D eigenvalue weighted by molar-refractivity contribution is -0.123. The minimum atomic E-state index is -0.134. The van der Waals surface area contributed by atoms with Crippen LogP contribution in [0, 0.1) is 0 Å². The second-order valence-corrected chi connectivity index (χ2v) is 8.49. The summed E-state index contributed by atoms with van der Waals surface area (Å²) in [6.07, 6.45) is 6.93. The molecule has 4 rings (SSSR count). The van der Waals surface area contributed by atoms with Crippen LogP contribution in [-0.2, 0) is 4.79 Å². The van der Waals surface area contributed by atoms with E-state index in [0.717, 1.165) is 55.8 Å². The van der Waals surface area contributed by atoms with Crippen molar-refractivity contribution in [2.24, 2.45) is 0 Å². The standard InChI is InChI=1S/C23H33N3O2/c1-17-8-7-9-18(2)25(17)15-13-24-23(27)20-11-5-6-14-26(20)22-16-19-10-3-4-12-21(19)28-22/h3-4,10,12,16-18,20H,5-9,11,13-15H2,1-2H3,(H,24,27)/t17-,18+,20-/m0/s1. The molecule has 2 saturated heterocycles. The first kappa shape index (κ1) is 19.3. The van der Waals surface area contributed by atoms with Gasteiger partial charge in [0, 0.05) is 43.2 Å². The number of amides is 1. The van der Waals surface area contributed by atoms with Gasteiger partial charge in [-0.15, -0.1) is 0 Å². The van der Waals surface area contributed by atoms with E-state index in [1.54, 1.807) is 0 Å². The van der Waals surface area contributed by atoms with E-state index in [0.29, 0.717) is 12.1 Å². The molecule has 3 heterocycles. The Kier molecular flexibility index (Phi) is 5.90. The number of piperidine rings is 2. The van der Waals surface area contributed by atoms with Crippen LogP contribution in [0.3, 0.4) is 0 Å². The number of fused-ring (bicyclic) bond motifs is 1. The molecule has 0 radical (unpaired) electrons. The molecule has 0 bridgehead atoms. The number of anilines is 1. The fourth-order valence-electron chi connectivity index (χ4n) is 4.92. The maximum absolute atomic E-state index is 13.0. The lowest BCUT2D eigenvalue weighted by Crippen LogP contribution is -2.52. The van der Waals surface area contributed by atoms with Crippen molar-refractivity contribution in [2.75, 3.05) is 24.5 Å². The molecule has 1 aromatic carbocycles. The molecule has 0 saturated carbocycles. The summed E-state index contributed by atoms with van der Waals surface area (Å²) >= 11 is 0. The van der Waals surface area contributed by atoms with Crippen molar-refractivity contribution in [1.29, 1.82) is 0 Å². The van der Waals surface area contributed by atoms with Crippen LogP contribution >= 0.6 is 0 Å². The van der Waals surface area contributed by atoms with Crippen LogP contribution in [0.4, 0.5) is 5.88 Å². The summed E-state index contributed by atoms with van der Waals surface area (Å²) in [7, 11) is 0. The smallest absolute Gasteiger partial charge is 0.242 e. The number of hydrogen-bond acceptors (Lipinski definition) is 4. The van der Waals surface area contributed by atoms with E-state index in [9.17, 15) is 4.79 Å². The minimum absolute atomic E-state index is 0.134. The third-order valence-electron chi connectivity index (χ3n) is 6.55. The van der Waals surface area contributed by atoms with Gasteiger partial charge in [-0.1, -0.05) is 24.6 Å². The molecular weight excluding hydrogens is 350 g/mol. The van der Waals surface area contributed by atoms with Crippen LogP contribution in [0.1, 0.15) is 52.4 Å². The summed E-state index contributed by atoms with van der Waals surface area (Å²) in [5.74, 6) is 0.955. The van der Waals surface area contributed by atoms with Crippen LogP contribution in [0.15, 0.2) is 34.7 Å². The molecular formula is C23H33N3O2. The summed E-state index contributed by atoms with van der Waals surface area (Å²) in [5, 5.41) is 4.30. The van der Waals surface area contributed by atoms with Crippen molar-refractivity contribution in [3.8, 4) is 0 Å². The fourth-order valence-corrected chi connectivity index (χ4v) is 4.92. The van der Waals surface area contributed by atoms with E-state index in [-0.39, 0.29) is 11.9 Å². The highest BCUT2D eigenvalue weighted by molar-refractivity contribution is 5.87. The Hall–Kier alpha value is -2.01. The second kappa shape index (κ2) is 8.56. The topological polar surface area (TPSA) is 48.7 Å². The zero-order chi connectivity index (χ0) is 19.5. The van der Waals surface area contributed by atoms with Gasteiger partial charge in [0.15, 0.2) is 5.88 Å². The maximum atomic E-state index is 13.0. The summed E-state index contributed by atoms with van der Waals surface area (Å²) in [5.41, 5.74) is 0.885. The van der Waals surface area contributed by atoms with E-state index >= 15 is 0 Å². The molecule has 5 heteroatoms. The molecule has 1 aromatic heterocycles. The van der Waals surface area contributed by atoms with Crippen LogP contribution in [0.2, 0.25) is 0 Å². The van der Waals surface area contributed by atoms with Gasteiger partial charge in [0.1, 0.15) is 11.6 Å². The first-order valence-electron chi connectivity index (χ1n) is 10.9. The second-order valence-electron chi connectivity index (χ2n) is 8.49. The molecule has 28 heavy (non-hydrogen) atoms. The SMILES string of the molecule is C[C@@H]1CCC[C@H](C)N1CCNC(=O)[C@@H]1CCCCN1c1cc2ccccc2o1. The van der Waals surface area contributed by atoms with Crippen LogP contribution < -0.4 is 10.2 Å². The molecule has 2 aliphatic heterocycles. The molecule has 0 unspecified atom stereocenters. The van der Waals surface area contributed by atoms with Crippen LogP contribution in [0.5, 0.6) is 0 Å². The highest BCUT2D eigenvalue weighted by Crippen LogP contribution is 2.30. The van der Waals surface area contributed by atoms with Gasteiger partial charge in [0.2, 0.25) is 5.91 Å². The van der Waals surface area contributed by atoms with Crippen molar-refractivity contribution < 1.29 is 9.21 Å². The number of nitrogens with one attached hydrogen (secondary N) is 1. The first-order chi connectivity index (χ1) is 13.6. The molecule has 2 fully saturated rings. The van der Waals surface area contributed by atoms with Gasteiger partial charge in [0.25, 0.3) is 0 Å². The predicted octanol–water partition coefficient (Wildman–Crippen LogP) is 4.17. The van der Waals surface area contributed by atoms with E-state index in [4.69, 9.17) is 4.42 Å². The molecule has 1 N–H and O–H groups in total. The first-order valence-corrected chi connectivity index (χ1v) is 10.9. The summed E-state index contributed by atoms with van der Waals surface area (Å²) in [6.45, 7) is 7.14. The zero-order valence-electron chi connectivity index (χ0n) is 17.2. The highest BCUT2D eigenvalue weighted by atomic mass is 16.4. The highest BCUT2D eigenvalue weighted by Gasteiger charge is 2.31. The number of carbonyl (C=O) groups is 1. The molecule has 0 spiro atoms. The average molecular weight is 384 g/mol. The Morgan fingerprint density at radius 2 is 1.89 bits per heavy atom. The molecule has 3 atom stereocenters.